The fraction of sp³-hybridized carbons (Fsp3) is 0.261. The van der Waals surface area contributed by atoms with E-state index >= 15 is 0 Å². The van der Waals surface area contributed by atoms with E-state index in [0.29, 0.717) is 5.92 Å². The number of thiophene rings is 1. The standard InChI is InChI=1S/C23H22N2O2S/c26-23(25-14-15-7-9-24-10-8-15)22-13-18-6-5-17(12-21(18)28-22)20-11-16-3-1-2-4-19(16)27-20/h1-6,11-13,15,24H,7-10,14H2,(H,25,26). The van der Waals surface area contributed by atoms with Crippen LogP contribution in [0.2, 0.25) is 0 Å². The van der Waals surface area contributed by atoms with E-state index in [2.05, 4.69) is 41.0 Å². The molecule has 1 fully saturated rings. The Morgan fingerprint density at radius 3 is 2.79 bits per heavy atom. The topological polar surface area (TPSA) is 54.3 Å². The normalized spacial score (nSPS) is 15.3. The summed E-state index contributed by atoms with van der Waals surface area (Å²) in [6, 6.07) is 18.3. The molecule has 5 rings (SSSR count). The van der Waals surface area contributed by atoms with E-state index < -0.39 is 0 Å². The highest BCUT2D eigenvalue weighted by Gasteiger charge is 2.16. The van der Waals surface area contributed by atoms with Crippen molar-refractivity contribution < 1.29 is 9.21 Å². The Balaban J connectivity index is 1.36. The van der Waals surface area contributed by atoms with Crippen molar-refractivity contribution >= 4 is 38.3 Å². The number of para-hydroxylation sites is 1. The van der Waals surface area contributed by atoms with Crippen LogP contribution in [0, 0.1) is 5.92 Å². The number of fused-ring (bicyclic) bond motifs is 2. The van der Waals surface area contributed by atoms with Gasteiger partial charge in [0.2, 0.25) is 0 Å². The quantitative estimate of drug-likeness (QED) is 0.513. The number of benzene rings is 2. The molecule has 1 saturated heterocycles. The van der Waals surface area contributed by atoms with Gasteiger partial charge in [-0.2, -0.15) is 0 Å². The maximum atomic E-state index is 12.6. The number of piperidine rings is 1. The first-order chi connectivity index (χ1) is 13.8. The molecule has 0 radical (unpaired) electrons. The molecule has 2 N–H and O–H groups in total. The van der Waals surface area contributed by atoms with Crippen molar-refractivity contribution in [3.63, 3.8) is 0 Å². The minimum atomic E-state index is 0.0324. The van der Waals surface area contributed by atoms with Gasteiger partial charge in [-0.3, -0.25) is 4.79 Å². The van der Waals surface area contributed by atoms with Crippen LogP contribution < -0.4 is 10.6 Å². The van der Waals surface area contributed by atoms with Gasteiger partial charge in [-0.25, -0.2) is 0 Å². The number of amides is 1. The van der Waals surface area contributed by atoms with Crippen LogP contribution in [-0.4, -0.2) is 25.5 Å². The first-order valence-electron chi connectivity index (χ1n) is 9.78. The number of carbonyl (C=O) groups excluding carboxylic acids is 1. The summed E-state index contributed by atoms with van der Waals surface area (Å²) in [6.45, 7) is 2.86. The highest BCUT2D eigenvalue weighted by Crippen LogP contribution is 2.33. The van der Waals surface area contributed by atoms with Crippen LogP contribution >= 0.6 is 11.3 Å². The highest BCUT2D eigenvalue weighted by atomic mass is 32.1. The number of nitrogens with one attached hydrogen (secondary N) is 2. The fourth-order valence-electron chi connectivity index (χ4n) is 3.83. The number of hydrogen-bond donors (Lipinski definition) is 2. The van der Waals surface area contributed by atoms with Gasteiger partial charge in [0.1, 0.15) is 11.3 Å². The second kappa shape index (κ2) is 7.41. The lowest BCUT2D eigenvalue weighted by Crippen LogP contribution is -2.35. The van der Waals surface area contributed by atoms with E-state index in [1.54, 1.807) is 11.3 Å². The van der Waals surface area contributed by atoms with Gasteiger partial charge in [0.15, 0.2) is 0 Å². The Kier molecular flexibility index (Phi) is 4.63. The Morgan fingerprint density at radius 2 is 1.93 bits per heavy atom. The third-order valence-electron chi connectivity index (χ3n) is 5.46. The summed E-state index contributed by atoms with van der Waals surface area (Å²) in [6.07, 6.45) is 2.26. The van der Waals surface area contributed by atoms with Crippen molar-refractivity contribution in [3.8, 4) is 11.3 Å². The van der Waals surface area contributed by atoms with Crippen LogP contribution in [0.4, 0.5) is 0 Å². The van der Waals surface area contributed by atoms with Gasteiger partial charge < -0.3 is 15.1 Å². The maximum absolute atomic E-state index is 12.6. The summed E-state index contributed by atoms with van der Waals surface area (Å²) < 4.78 is 7.09. The molecule has 1 aliphatic heterocycles. The summed E-state index contributed by atoms with van der Waals surface area (Å²) in [7, 11) is 0. The molecule has 0 unspecified atom stereocenters. The van der Waals surface area contributed by atoms with Gasteiger partial charge in [-0.05, 0) is 61.5 Å². The van der Waals surface area contributed by atoms with Crippen LogP contribution in [0.3, 0.4) is 0 Å². The van der Waals surface area contributed by atoms with Gasteiger partial charge in [-0.1, -0.05) is 30.3 Å². The molecule has 0 saturated carbocycles. The Hall–Kier alpha value is -2.63. The molecule has 0 aliphatic carbocycles. The van der Waals surface area contributed by atoms with E-state index in [9.17, 15) is 4.79 Å². The summed E-state index contributed by atoms with van der Waals surface area (Å²) in [4.78, 5) is 13.4. The predicted molar refractivity (Wildman–Crippen MR) is 115 cm³/mol. The zero-order valence-electron chi connectivity index (χ0n) is 15.5. The molecule has 2 aromatic heterocycles. The third-order valence-corrected chi connectivity index (χ3v) is 6.56. The van der Waals surface area contributed by atoms with Crippen molar-refractivity contribution in [2.24, 2.45) is 5.92 Å². The zero-order chi connectivity index (χ0) is 18.9. The lowest BCUT2D eigenvalue weighted by molar-refractivity contribution is 0.0948. The smallest absolute Gasteiger partial charge is 0.261 e. The molecule has 2 aromatic carbocycles. The lowest BCUT2D eigenvalue weighted by atomic mass is 9.98. The van der Waals surface area contributed by atoms with Crippen LogP contribution in [0.1, 0.15) is 22.5 Å². The van der Waals surface area contributed by atoms with Crippen molar-refractivity contribution in [1.29, 1.82) is 0 Å². The molecule has 28 heavy (non-hydrogen) atoms. The molecule has 1 aliphatic rings. The second-order valence-corrected chi connectivity index (χ2v) is 8.50. The highest BCUT2D eigenvalue weighted by molar-refractivity contribution is 7.20. The van der Waals surface area contributed by atoms with E-state index in [1.807, 2.05) is 24.3 Å². The molecule has 0 bridgehead atoms. The second-order valence-electron chi connectivity index (χ2n) is 7.42. The first-order valence-corrected chi connectivity index (χ1v) is 10.6. The van der Waals surface area contributed by atoms with Crippen molar-refractivity contribution in [2.45, 2.75) is 12.8 Å². The molecule has 5 heteroatoms. The third kappa shape index (κ3) is 3.43. The molecule has 4 nitrogen and oxygen atoms in total. The van der Waals surface area contributed by atoms with Gasteiger partial charge in [0.25, 0.3) is 5.91 Å². The van der Waals surface area contributed by atoms with Crippen LogP contribution in [-0.2, 0) is 0 Å². The number of carbonyl (C=O) groups is 1. The van der Waals surface area contributed by atoms with Crippen LogP contribution in [0.15, 0.2) is 59.0 Å². The van der Waals surface area contributed by atoms with Gasteiger partial charge in [0, 0.05) is 22.2 Å². The van der Waals surface area contributed by atoms with Gasteiger partial charge in [0.05, 0.1) is 4.88 Å². The SMILES string of the molecule is O=C(NCC1CCNCC1)c1cc2ccc(-c3cc4ccccc4o3)cc2s1. The molecule has 0 spiro atoms. The Morgan fingerprint density at radius 1 is 1.07 bits per heavy atom. The van der Waals surface area contributed by atoms with Crippen molar-refractivity contribution in [2.75, 3.05) is 19.6 Å². The zero-order valence-corrected chi connectivity index (χ0v) is 16.4. The summed E-state index contributed by atoms with van der Waals surface area (Å²) in [5, 5.41) is 8.67. The summed E-state index contributed by atoms with van der Waals surface area (Å²) >= 11 is 1.54. The molecule has 142 valence electrons. The minimum Gasteiger partial charge on any atom is -0.456 e. The minimum absolute atomic E-state index is 0.0324. The average molecular weight is 391 g/mol. The average Bonchev–Trinajstić information content (AvgIpc) is 3.36. The molecule has 0 atom stereocenters. The lowest BCUT2D eigenvalue weighted by Gasteiger charge is -2.22. The summed E-state index contributed by atoms with van der Waals surface area (Å²) in [5.74, 6) is 1.47. The fourth-order valence-corrected chi connectivity index (χ4v) is 4.85. The monoisotopic (exact) mass is 390 g/mol. The maximum Gasteiger partial charge on any atom is 0.261 e. The van der Waals surface area contributed by atoms with Gasteiger partial charge in [-0.15, -0.1) is 11.3 Å². The molecular formula is C23H22N2O2S. The van der Waals surface area contributed by atoms with Crippen molar-refractivity contribution in [1.82, 2.24) is 10.6 Å². The molecular weight excluding hydrogens is 368 g/mol. The predicted octanol–water partition coefficient (Wildman–Crippen LogP) is 5.04. The van der Waals surface area contributed by atoms with Gasteiger partial charge >= 0.3 is 0 Å². The van der Waals surface area contributed by atoms with Crippen molar-refractivity contribution in [3.05, 3.63) is 59.5 Å². The van der Waals surface area contributed by atoms with E-state index in [-0.39, 0.29) is 5.91 Å². The molecule has 3 heterocycles. The summed E-state index contributed by atoms with van der Waals surface area (Å²) in [5.41, 5.74) is 1.92. The van der Waals surface area contributed by atoms with E-state index in [0.717, 1.165) is 69.7 Å². The number of hydrogen-bond acceptors (Lipinski definition) is 4. The first kappa shape index (κ1) is 17.5. The largest absolute Gasteiger partial charge is 0.456 e. The van der Waals surface area contributed by atoms with Crippen LogP contribution in [0.25, 0.3) is 32.4 Å². The van der Waals surface area contributed by atoms with E-state index in [1.165, 1.54) is 0 Å². The Bertz CT molecular complexity index is 1100. The van der Waals surface area contributed by atoms with E-state index in [4.69, 9.17) is 4.42 Å². The molecule has 4 aromatic rings. The molecule has 1 amide bonds. The van der Waals surface area contributed by atoms with Crippen LogP contribution in [0.5, 0.6) is 0 Å². The number of furan rings is 1. The Labute approximate surface area is 167 Å². The number of rotatable bonds is 4.